The van der Waals surface area contributed by atoms with Crippen molar-refractivity contribution in [1.82, 2.24) is 0 Å². The van der Waals surface area contributed by atoms with Crippen LogP contribution in [0, 0.1) is 0 Å². The molecule has 3 aromatic rings. The Morgan fingerprint density at radius 3 is 2.71 bits per heavy atom. The molecule has 0 aliphatic carbocycles. The minimum atomic E-state index is -0.459. The van der Waals surface area contributed by atoms with E-state index in [1.54, 1.807) is 36.4 Å². The lowest BCUT2D eigenvalue weighted by Gasteiger charge is -2.11. The van der Waals surface area contributed by atoms with Crippen LogP contribution >= 0.6 is 11.6 Å². The van der Waals surface area contributed by atoms with Crippen LogP contribution in [0.25, 0.3) is 11.0 Å². The Balaban J connectivity index is 1.76. The topological polar surface area (TPSA) is 75.0 Å². The van der Waals surface area contributed by atoms with E-state index in [-0.39, 0.29) is 23.9 Å². The molecule has 1 heterocycles. The Kier molecular flexibility index (Phi) is 6.21. The third-order valence-electron chi connectivity index (χ3n) is 4.04. The van der Waals surface area contributed by atoms with Crippen molar-refractivity contribution in [2.45, 2.75) is 26.4 Å². The summed E-state index contributed by atoms with van der Waals surface area (Å²) in [6.07, 6.45) is 1.78. The van der Waals surface area contributed by atoms with Gasteiger partial charge in [-0.25, -0.2) is 4.79 Å². The van der Waals surface area contributed by atoms with E-state index in [9.17, 15) is 9.59 Å². The molecule has 0 saturated heterocycles. The molecule has 146 valence electrons. The second-order valence-electron chi connectivity index (χ2n) is 6.12. The van der Waals surface area contributed by atoms with Crippen molar-refractivity contribution in [2.24, 2.45) is 0 Å². The van der Waals surface area contributed by atoms with Crippen LogP contribution in [-0.2, 0) is 9.53 Å². The molecule has 6 nitrogen and oxygen atoms in total. The van der Waals surface area contributed by atoms with Gasteiger partial charge in [-0.05, 0) is 37.6 Å². The van der Waals surface area contributed by atoms with Crippen LogP contribution < -0.4 is 14.9 Å². The summed E-state index contributed by atoms with van der Waals surface area (Å²) in [5.41, 5.74) is -0.0341. The highest BCUT2D eigenvalue weighted by Gasteiger charge is 2.13. The molecule has 1 unspecified atom stereocenters. The van der Waals surface area contributed by atoms with Gasteiger partial charge < -0.3 is 18.6 Å². The van der Waals surface area contributed by atoms with Gasteiger partial charge in [0.05, 0.1) is 16.5 Å². The monoisotopic (exact) mass is 402 g/mol. The summed E-state index contributed by atoms with van der Waals surface area (Å²) in [4.78, 5) is 24.3. The predicted molar refractivity (Wildman–Crippen MR) is 105 cm³/mol. The molecule has 0 radical (unpaired) electrons. The zero-order chi connectivity index (χ0) is 20.1. The van der Waals surface area contributed by atoms with Crippen LogP contribution in [0.4, 0.5) is 0 Å². The molecule has 2 aromatic carbocycles. The Labute approximate surface area is 166 Å². The van der Waals surface area contributed by atoms with Crippen molar-refractivity contribution in [3.8, 4) is 17.2 Å². The average Bonchev–Trinajstić information content (AvgIpc) is 2.70. The van der Waals surface area contributed by atoms with Gasteiger partial charge in [-0.15, -0.1) is 0 Å². The van der Waals surface area contributed by atoms with Crippen molar-refractivity contribution in [1.29, 1.82) is 0 Å². The number of para-hydroxylation sites is 1. The van der Waals surface area contributed by atoms with Gasteiger partial charge in [-0.3, -0.25) is 4.79 Å². The largest absolute Gasteiger partial charge is 0.482 e. The lowest BCUT2D eigenvalue weighted by Crippen LogP contribution is -2.20. The van der Waals surface area contributed by atoms with Gasteiger partial charge in [0.25, 0.3) is 0 Å². The second-order valence-corrected chi connectivity index (χ2v) is 6.52. The first-order valence-electron chi connectivity index (χ1n) is 8.78. The zero-order valence-corrected chi connectivity index (χ0v) is 16.2. The van der Waals surface area contributed by atoms with Crippen LogP contribution in [0.1, 0.15) is 20.3 Å². The van der Waals surface area contributed by atoms with Crippen LogP contribution in [0.2, 0.25) is 5.02 Å². The first-order chi connectivity index (χ1) is 13.5. The minimum absolute atomic E-state index is 0.0198. The summed E-state index contributed by atoms with van der Waals surface area (Å²) in [7, 11) is 0. The first-order valence-corrected chi connectivity index (χ1v) is 9.16. The van der Waals surface area contributed by atoms with Gasteiger partial charge >= 0.3 is 5.97 Å². The molecular formula is C21H19ClO6. The molecule has 0 aliphatic rings. The van der Waals surface area contributed by atoms with Crippen LogP contribution in [0.15, 0.2) is 57.9 Å². The predicted octanol–water partition coefficient (Wildman–Crippen LogP) is 4.96. The van der Waals surface area contributed by atoms with E-state index in [0.29, 0.717) is 27.5 Å². The van der Waals surface area contributed by atoms with E-state index in [2.05, 4.69) is 0 Å². The maximum atomic E-state index is 12.6. The highest BCUT2D eigenvalue weighted by Crippen LogP contribution is 2.28. The number of hydrogen-bond acceptors (Lipinski definition) is 6. The molecule has 0 aliphatic heterocycles. The van der Waals surface area contributed by atoms with Crippen molar-refractivity contribution in [2.75, 3.05) is 6.61 Å². The van der Waals surface area contributed by atoms with Crippen molar-refractivity contribution in [3.63, 3.8) is 0 Å². The number of esters is 1. The fourth-order valence-corrected chi connectivity index (χ4v) is 2.56. The number of fused-ring (bicyclic) bond motifs is 1. The molecule has 1 aromatic heterocycles. The van der Waals surface area contributed by atoms with Gasteiger partial charge in [0.1, 0.15) is 23.3 Å². The number of ether oxygens (including phenoxy) is 3. The van der Waals surface area contributed by atoms with Crippen molar-refractivity contribution < 1.29 is 23.4 Å². The second kappa shape index (κ2) is 8.80. The maximum Gasteiger partial charge on any atom is 0.344 e. The fraction of sp³-hybridized carbons (Fsp3) is 0.238. The highest BCUT2D eigenvalue weighted by molar-refractivity contribution is 6.32. The molecule has 0 N–H and O–H groups in total. The van der Waals surface area contributed by atoms with E-state index in [1.165, 1.54) is 12.3 Å². The zero-order valence-electron chi connectivity index (χ0n) is 15.4. The number of hydrogen-bond donors (Lipinski definition) is 0. The van der Waals surface area contributed by atoms with Crippen molar-refractivity contribution >= 4 is 28.5 Å². The van der Waals surface area contributed by atoms with Crippen LogP contribution in [0.3, 0.4) is 0 Å². The summed E-state index contributed by atoms with van der Waals surface area (Å²) >= 11 is 6.05. The quantitative estimate of drug-likeness (QED) is 0.520. The molecule has 0 bridgehead atoms. The third kappa shape index (κ3) is 4.64. The molecule has 1 atom stereocenters. The number of rotatable bonds is 7. The number of benzene rings is 2. The molecule has 3 rings (SSSR count). The van der Waals surface area contributed by atoms with Crippen LogP contribution in [0.5, 0.6) is 17.2 Å². The van der Waals surface area contributed by atoms with Crippen molar-refractivity contribution in [3.05, 3.63) is 64.0 Å². The van der Waals surface area contributed by atoms with Gasteiger partial charge in [0.2, 0.25) is 11.2 Å². The third-order valence-corrected chi connectivity index (χ3v) is 4.35. The van der Waals surface area contributed by atoms with Gasteiger partial charge in [0.15, 0.2) is 6.61 Å². The highest BCUT2D eigenvalue weighted by atomic mass is 35.5. The number of carbonyl (C=O) groups is 1. The summed E-state index contributed by atoms with van der Waals surface area (Å²) in [6, 6.07) is 11.5. The van der Waals surface area contributed by atoms with Gasteiger partial charge in [0, 0.05) is 6.07 Å². The summed E-state index contributed by atoms with van der Waals surface area (Å²) in [6.45, 7) is 3.51. The minimum Gasteiger partial charge on any atom is -0.482 e. The summed E-state index contributed by atoms with van der Waals surface area (Å²) in [5.74, 6) is 0.304. The van der Waals surface area contributed by atoms with E-state index < -0.39 is 5.97 Å². The molecular weight excluding hydrogens is 384 g/mol. The molecule has 0 saturated carbocycles. The summed E-state index contributed by atoms with van der Waals surface area (Å²) in [5, 5.41) is 0.703. The van der Waals surface area contributed by atoms with E-state index in [1.807, 2.05) is 13.8 Å². The Hall–Kier alpha value is -2.99. The summed E-state index contributed by atoms with van der Waals surface area (Å²) < 4.78 is 21.6. The molecule has 7 heteroatoms. The Morgan fingerprint density at radius 1 is 1.18 bits per heavy atom. The SMILES string of the molecule is CCC(C)OC(=O)COc1ccc2c(=O)c(Oc3ccccc3Cl)coc2c1. The van der Waals surface area contributed by atoms with Crippen LogP contribution in [-0.4, -0.2) is 18.7 Å². The number of carbonyl (C=O) groups excluding carboxylic acids is 1. The standard InChI is InChI=1S/C21H19ClO6/c1-3-13(2)27-20(23)12-25-14-8-9-15-18(10-14)26-11-19(21(15)24)28-17-7-5-4-6-16(17)22/h4-11,13H,3,12H2,1-2H3. The fourth-order valence-electron chi connectivity index (χ4n) is 2.38. The maximum absolute atomic E-state index is 12.6. The molecule has 0 spiro atoms. The van der Waals surface area contributed by atoms with Gasteiger partial charge in [-0.1, -0.05) is 30.7 Å². The number of halogens is 1. The smallest absolute Gasteiger partial charge is 0.344 e. The average molecular weight is 403 g/mol. The lowest BCUT2D eigenvalue weighted by molar-refractivity contribution is -0.150. The Bertz CT molecular complexity index is 1040. The van der Waals surface area contributed by atoms with E-state index in [4.69, 9.17) is 30.2 Å². The Morgan fingerprint density at radius 2 is 1.96 bits per heavy atom. The first kappa shape index (κ1) is 19.8. The lowest BCUT2D eigenvalue weighted by atomic mass is 10.2. The van der Waals surface area contributed by atoms with E-state index >= 15 is 0 Å². The van der Waals surface area contributed by atoms with Gasteiger partial charge in [-0.2, -0.15) is 0 Å². The normalized spacial score (nSPS) is 11.8. The molecule has 28 heavy (non-hydrogen) atoms. The molecule has 0 amide bonds. The molecule has 0 fully saturated rings. The van der Waals surface area contributed by atoms with E-state index in [0.717, 1.165) is 6.42 Å².